The summed E-state index contributed by atoms with van der Waals surface area (Å²) in [5.74, 6) is 0. The number of para-hydroxylation sites is 1. The van der Waals surface area contributed by atoms with E-state index in [0.29, 0.717) is 0 Å². The average molecular weight is 203 g/mol. The lowest BCUT2D eigenvalue weighted by atomic mass is 10.2. The van der Waals surface area contributed by atoms with Crippen LogP contribution in [-0.4, -0.2) is 0 Å². The third kappa shape index (κ3) is 4.59. The van der Waals surface area contributed by atoms with Crippen molar-refractivity contribution in [2.24, 2.45) is 4.99 Å². The summed E-state index contributed by atoms with van der Waals surface area (Å²) in [4.78, 5) is 4.27. The van der Waals surface area contributed by atoms with Crippen LogP contribution in [0.5, 0.6) is 0 Å². The Morgan fingerprint density at radius 3 is 2.40 bits per heavy atom. The molecule has 0 amide bonds. The lowest BCUT2D eigenvalue weighted by Gasteiger charge is -1.84. The standard InChI is InChI=1S/C10H9N.2C2H6/c1-2-7-10-9(5-1)6-3-4-8-11-10;2*1-2/h1-2,4-8H,3H2;2*1-2H3. The highest BCUT2D eigenvalue weighted by atomic mass is 14.7. The molecule has 15 heavy (non-hydrogen) atoms. The highest BCUT2D eigenvalue weighted by Crippen LogP contribution is 1.87. The molecular weight excluding hydrogens is 182 g/mol. The van der Waals surface area contributed by atoms with Gasteiger partial charge in [0, 0.05) is 6.20 Å². The number of nitrogens with zero attached hydrogens (tertiary/aromatic N) is 1. The van der Waals surface area contributed by atoms with Gasteiger partial charge in [0.2, 0.25) is 0 Å². The summed E-state index contributed by atoms with van der Waals surface area (Å²) in [5, 5.41) is 2.30. The van der Waals surface area contributed by atoms with E-state index in [1.54, 1.807) is 0 Å². The van der Waals surface area contributed by atoms with Crippen LogP contribution in [0, 0.1) is 0 Å². The van der Waals surface area contributed by atoms with E-state index in [9.17, 15) is 0 Å². The van der Waals surface area contributed by atoms with E-state index in [1.807, 2.05) is 52.1 Å². The highest BCUT2D eigenvalue weighted by Gasteiger charge is 1.85. The average Bonchev–Trinajstić information content (AvgIpc) is 2.59. The Morgan fingerprint density at radius 2 is 1.67 bits per heavy atom. The Balaban J connectivity index is 0.000000442. The summed E-state index contributed by atoms with van der Waals surface area (Å²) in [6.45, 7) is 8.00. The first kappa shape index (κ1) is 13.6. The maximum atomic E-state index is 4.27. The Morgan fingerprint density at radius 1 is 1.00 bits per heavy atom. The minimum absolute atomic E-state index is 0.987. The third-order valence-corrected chi connectivity index (χ3v) is 1.73. The number of benzene rings is 1. The van der Waals surface area contributed by atoms with E-state index in [2.05, 4.69) is 23.2 Å². The van der Waals surface area contributed by atoms with Crippen molar-refractivity contribution < 1.29 is 0 Å². The Labute approximate surface area is 92.9 Å². The van der Waals surface area contributed by atoms with Gasteiger partial charge in [0.05, 0.1) is 5.36 Å². The first-order valence-corrected chi connectivity index (χ1v) is 5.75. The van der Waals surface area contributed by atoms with Gasteiger partial charge in [0.15, 0.2) is 0 Å². The minimum atomic E-state index is 0.987. The zero-order valence-electron chi connectivity index (χ0n) is 10.2. The summed E-state index contributed by atoms with van der Waals surface area (Å²) < 4.78 is 0. The van der Waals surface area contributed by atoms with Crippen molar-refractivity contribution in [2.45, 2.75) is 34.1 Å². The van der Waals surface area contributed by atoms with Gasteiger partial charge in [-0.2, -0.15) is 0 Å². The predicted molar refractivity (Wildman–Crippen MR) is 68.1 cm³/mol. The summed E-state index contributed by atoms with van der Waals surface area (Å²) in [5.41, 5.74) is 0. The maximum Gasteiger partial charge on any atom is 0.0698 e. The Hall–Kier alpha value is -1.37. The number of rotatable bonds is 0. The zero-order valence-corrected chi connectivity index (χ0v) is 10.2. The molecule has 0 radical (unpaired) electrons. The second-order valence-electron chi connectivity index (χ2n) is 2.51. The zero-order chi connectivity index (χ0) is 11.5. The monoisotopic (exact) mass is 203 g/mol. The minimum Gasteiger partial charge on any atom is -0.257 e. The second kappa shape index (κ2) is 9.20. The molecular formula is C14H21N. The van der Waals surface area contributed by atoms with Crippen molar-refractivity contribution in [1.82, 2.24) is 0 Å². The van der Waals surface area contributed by atoms with Crippen molar-refractivity contribution >= 4 is 6.08 Å². The smallest absolute Gasteiger partial charge is 0.0698 e. The van der Waals surface area contributed by atoms with Gasteiger partial charge >= 0.3 is 0 Å². The second-order valence-corrected chi connectivity index (χ2v) is 2.51. The fourth-order valence-electron chi connectivity index (χ4n) is 1.17. The normalized spacial score (nSPS) is 11.2. The van der Waals surface area contributed by atoms with E-state index in [4.69, 9.17) is 0 Å². The molecule has 0 fully saturated rings. The van der Waals surface area contributed by atoms with Crippen LogP contribution < -0.4 is 10.6 Å². The van der Waals surface area contributed by atoms with Crippen LogP contribution in [0.3, 0.4) is 0 Å². The summed E-state index contributed by atoms with van der Waals surface area (Å²) >= 11 is 0. The maximum absolute atomic E-state index is 4.27. The largest absolute Gasteiger partial charge is 0.257 e. The van der Waals surface area contributed by atoms with Crippen LogP contribution in [-0.2, 0) is 0 Å². The summed E-state index contributed by atoms with van der Waals surface area (Å²) in [7, 11) is 0. The van der Waals surface area contributed by atoms with Gasteiger partial charge in [-0.3, -0.25) is 4.99 Å². The fraction of sp³-hybridized carbons (Fsp3) is 0.357. The van der Waals surface area contributed by atoms with Gasteiger partial charge in [0.1, 0.15) is 0 Å². The predicted octanol–water partition coefficient (Wildman–Crippen LogP) is 3.06. The molecule has 0 aromatic heterocycles. The first-order chi connectivity index (χ1) is 7.47. The van der Waals surface area contributed by atoms with Crippen LogP contribution >= 0.6 is 0 Å². The summed E-state index contributed by atoms with van der Waals surface area (Å²) in [6, 6.07) is 8.17. The number of allylic oxidation sites excluding steroid dienone is 1. The van der Waals surface area contributed by atoms with Gasteiger partial charge in [0.25, 0.3) is 0 Å². The Kier molecular flexibility index (Phi) is 8.36. The molecule has 0 saturated heterocycles. The van der Waals surface area contributed by atoms with Gasteiger partial charge in [-0.05, 0) is 17.7 Å². The number of hydrogen-bond donors (Lipinski definition) is 0. The third-order valence-electron chi connectivity index (χ3n) is 1.73. The first-order valence-electron chi connectivity index (χ1n) is 5.75. The van der Waals surface area contributed by atoms with Crippen LogP contribution in [0.4, 0.5) is 0 Å². The van der Waals surface area contributed by atoms with Crippen LogP contribution in [0.25, 0.3) is 6.08 Å². The van der Waals surface area contributed by atoms with Crippen LogP contribution in [0.1, 0.15) is 34.1 Å². The molecule has 0 saturated carbocycles. The quantitative estimate of drug-likeness (QED) is 0.614. The molecule has 0 atom stereocenters. The molecule has 2 rings (SSSR count). The molecule has 0 unspecified atom stereocenters. The number of fused-ring (bicyclic) bond motifs is 1. The lowest BCUT2D eigenvalue weighted by molar-refractivity contribution is 1.31. The highest BCUT2D eigenvalue weighted by molar-refractivity contribution is 5.27. The number of hydrogen-bond acceptors (Lipinski definition) is 1. The molecule has 1 aliphatic rings. The van der Waals surface area contributed by atoms with Crippen molar-refractivity contribution in [3.05, 3.63) is 47.1 Å². The molecule has 1 heterocycles. The van der Waals surface area contributed by atoms with E-state index >= 15 is 0 Å². The van der Waals surface area contributed by atoms with Gasteiger partial charge in [-0.25, -0.2) is 0 Å². The molecule has 0 aliphatic carbocycles. The lowest BCUT2D eigenvalue weighted by Crippen LogP contribution is -2.22. The van der Waals surface area contributed by atoms with Crippen molar-refractivity contribution in [2.75, 3.05) is 0 Å². The van der Waals surface area contributed by atoms with Crippen molar-refractivity contribution in [3.8, 4) is 0 Å². The van der Waals surface area contributed by atoms with Gasteiger partial charge in [-0.15, -0.1) is 0 Å². The Bertz CT molecular complexity index is 388. The molecule has 0 bridgehead atoms. The molecule has 0 N–H and O–H groups in total. The van der Waals surface area contributed by atoms with Gasteiger partial charge < -0.3 is 0 Å². The van der Waals surface area contributed by atoms with E-state index in [-0.39, 0.29) is 0 Å². The molecule has 1 aliphatic heterocycles. The van der Waals surface area contributed by atoms with E-state index < -0.39 is 0 Å². The van der Waals surface area contributed by atoms with E-state index in [0.717, 1.165) is 11.8 Å². The molecule has 1 heteroatoms. The van der Waals surface area contributed by atoms with E-state index in [1.165, 1.54) is 5.22 Å². The van der Waals surface area contributed by atoms with Crippen molar-refractivity contribution in [1.29, 1.82) is 0 Å². The van der Waals surface area contributed by atoms with Crippen LogP contribution in [0.2, 0.25) is 0 Å². The van der Waals surface area contributed by atoms with Gasteiger partial charge in [-0.1, -0.05) is 58.0 Å². The SMILES string of the molecule is C1=CN=c2ccccc2=CC1.CC.CC. The molecule has 0 spiro atoms. The topological polar surface area (TPSA) is 12.4 Å². The van der Waals surface area contributed by atoms with Crippen molar-refractivity contribution in [3.63, 3.8) is 0 Å². The molecule has 82 valence electrons. The molecule has 1 aromatic rings. The fourth-order valence-corrected chi connectivity index (χ4v) is 1.17. The molecule has 1 nitrogen and oxygen atoms in total. The van der Waals surface area contributed by atoms with Crippen LogP contribution in [0.15, 0.2) is 41.5 Å². The molecule has 1 aromatic carbocycles. The summed E-state index contributed by atoms with van der Waals surface area (Å²) in [6.07, 6.45) is 7.09.